The molecule has 0 fully saturated rings. The molecule has 1 N–H and O–H groups in total. The van der Waals surface area contributed by atoms with Crippen molar-refractivity contribution in [3.8, 4) is 17.2 Å². The Labute approximate surface area is 103 Å². The topological polar surface area (TPSA) is 97.3 Å². The van der Waals surface area contributed by atoms with Crippen LogP contribution in [0.25, 0.3) is 0 Å². The third kappa shape index (κ3) is 3.51. The predicted molar refractivity (Wildman–Crippen MR) is 57.9 cm³/mol. The first-order chi connectivity index (χ1) is 8.60. The van der Waals surface area contributed by atoms with Crippen molar-refractivity contribution in [2.45, 2.75) is 0 Å². The molecule has 7 heteroatoms. The van der Waals surface area contributed by atoms with Gasteiger partial charge in [0.15, 0.2) is 25.1 Å². The second kappa shape index (κ2) is 6.67. The van der Waals surface area contributed by atoms with Crippen molar-refractivity contribution in [2.75, 3.05) is 27.8 Å². The Balaban J connectivity index is 3.06. The smallest absolute Gasteiger partial charge is 0.335 e. The van der Waals surface area contributed by atoms with Gasteiger partial charge >= 0.3 is 5.97 Å². The van der Waals surface area contributed by atoms with Crippen molar-refractivity contribution in [2.24, 2.45) is 0 Å². The Morgan fingerprint density at radius 2 is 1.67 bits per heavy atom. The van der Waals surface area contributed by atoms with E-state index in [1.54, 1.807) is 0 Å². The lowest BCUT2D eigenvalue weighted by molar-refractivity contribution is -0.269. The highest BCUT2D eigenvalue weighted by atomic mass is 16.7. The normalized spacial score (nSPS) is 10.1. The van der Waals surface area contributed by atoms with Gasteiger partial charge < -0.3 is 29.2 Å². The molecule has 0 atom stereocenters. The second-order valence-electron chi connectivity index (χ2n) is 3.20. The molecule has 18 heavy (non-hydrogen) atoms. The number of carboxylic acids is 1. The highest BCUT2D eigenvalue weighted by molar-refractivity contribution is 5.91. The zero-order valence-corrected chi connectivity index (χ0v) is 9.97. The molecule has 0 aliphatic rings. The number of ether oxygens (including phenoxy) is 4. The molecule has 1 aromatic carbocycles. The van der Waals surface area contributed by atoms with Gasteiger partial charge in [-0.1, -0.05) is 5.75 Å². The van der Waals surface area contributed by atoms with Gasteiger partial charge in [0.25, 0.3) is 0 Å². The van der Waals surface area contributed by atoms with Crippen LogP contribution in [0.4, 0.5) is 0 Å². The number of hydrogen-bond acceptors (Lipinski definition) is 6. The summed E-state index contributed by atoms with van der Waals surface area (Å²) in [5.74, 6) is -1.80. The molecule has 0 spiro atoms. The van der Waals surface area contributed by atoms with Crippen molar-refractivity contribution in [3.63, 3.8) is 0 Å². The van der Waals surface area contributed by atoms with E-state index < -0.39 is 17.3 Å². The highest BCUT2D eigenvalue weighted by Gasteiger charge is 2.12. The lowest BCUT2D eigenvalue weighted by Crippen LogP contribution is -2.09. The molecule has 7 nitrogen and oxygen atoms in total. The Morgan fingerprint density at radius 1 is 1.17 bits per heavy atom. The van der Waals surface area contributed by atoms with Crippen LogP contribution < -0.4 is 14.6 Å². The standard InChI is InChI=1S/C11H14O7/c1-15-5-17-9-3-7(11(13)14)8(12)4-10(9)18-6-16-2/h3-4,12H,5-6H2,1-2H3,(H,13,14)/p-1. The Hall–Kier alpha value is -1.99. The summed E-state index contributed by atoms with van der Waals surface area (Å²) in [5, 5.41) is 20.3. The lowest BCUT2D eigenvalue weighted by Gasteiger charge is -2.17. The van der Waals surface area contributed by atoms with Gasteiger partial charge in [0, 0.05) is 14.2 Å². The zero-order valence-electron chi connectivity index (χ0n) is 9.97. The summed E-state index contributed by atoms with van der Waals surface area (Å²) < 4.78 is 19.6. The molecule has 0 radical (unpaired) electrons. The molecule has 0 unspecified atom stereocenters. The quantitative estimate of drug-likeness (QED) is 0.707. The highest BCUT2D eigenvalue weighted by Crippen LogP contribution is 2.33. The fraction of sp³-hybridized carbons (Fsp3) is 0.364. The van der Waals surface area contributed by atoms with Crippen LogP contribution in [0.3, 0.4) is 0 Å². The van der Waals surface area contributed by atoms with E-state index in [0.717, 1.165) is 12.1 Å². The van der Waals surface area contributed by atoms with E-state index in [0.29, 0.717) is 0 Å². The van der Waals surface area contributed by atoms with Crippen LogP contribution in [-0.4, -0.2) is 38.9 Å². The maximum atomic E-state index is 11.5. The molecular formula is C11H13O7-. The van der Waals surface area contributed by atoms with E-state index in [2.05, 4.69) is 0 Å². The minimum absolute atomic E-state index is 0.0881. The number of aromatic carboxylic acids is 1. The third-order valence-electron chi connectivity index (χ3n) is 1.94. The van der Waals surface area contributed by atoms with Gasteiger partial charge in [-0.2, -0.15) is 0 Å². The average Bonchev–Trinajstić information content (AvgIpc) is 2.34. The molecule has 0 aliphatic carbocycles. The largest absolute Gasteiger partial charge is 0.872 e. The van der Waals surface area contributed by atoms with Gasteiger partial charge in [0.1, 0.15) is 0 Å². The molecule has 100 valence electrons. The minimum Gasteiger partial charge on any atom is -0.872 e. The summed E-state index contributed by atoms with van der Waals surface area (Å²) in [4.78, 5) is 10.8. The van der Waals surface area contributed by atoms with Crippen LogP contribution >= 0.6 is 0 Å². The number of carbonyl (C=O) groups is 1. The monoisotopic (exact) mass is 257 g/mol. The van der Waals surface area contributed by atoms with E-state index >= 15 is 0 Å². The molecule has 1 aromatic rings. The van der Waals surface area contributed by atoms with Gasteiger partial charge in [-0.15, -0.1) is 0 Å². The van der Waals surface area contributed by atoms with Gasteiger partial charge in [-0.3, -0.25) is 0 Å². The van der Waals surface area contributed by atoms with Crippen molar-refractivity contribution in [1.29, 1.82) is 0 Å². The lowest BCUT2D eigenvalue weighted by atomic mass is 10.2. The Kier molecular flexibility index (Phi) is 5.22. The number of rotatable bonds is 7. The SMILES string of the molecule is COCOc1cc([O-])c(C(=O)O)cc1OCOC. The van der Waals surface area contributed by atoms with E-state index in [1.807, 2.05) is 0 Å². The molecule has 0 saturated carbocycles. The van der Waals surface area contributed by atoms with Crippen LogP contribution in [0.15, 0.2) is 12.1 Å². The first-order valence-electron chi connectivity index (χ1n) is 4.92. The minimum atomic E-state index is -1.33. The third-order valence-corrected chi connectivity index (χ3v) is 1.94. The van der Waals surface area contributed by atoms with Gasteiger partial charge in [0.05, 0.1) is 5.56 Å². The summed E-state index contributed by atoms with van der Waals surface area (Å²) in [6.45, 7) is -0.185. The van der Waals surface area contributed by atoms with Crippen molar-refractivity contribution < 1.29 is 34.0 Å². The van der Waals surface area contributed by atoms with E-state index in [4.69, 9.17) is 24.1 Å². The van der Waals surface area contributed by atoms with Crippen LogP contribution in [-0.2, 0) is 9.47 Å². The van der Waals surface area contributed by atoms with Crippen molar-refractivity contribution in [1.82, 2.24) is 0 Å². The molecule has 0 aromatic heterocycles. The molecule has 0 heterocycles. The maximum absolute atomic E-state index is 11.5. The van der Waals surface area contributed by atoms with Crippen LogP contribution in [0.2, 0.25) is 0 Å². The maximum Gasteiger partial charge on any atom is 0.335 e. The summed E-state index contributed by atoms with van der Waals surface area (Å²) in [5.41, 5.74) is -0.397. The number of methoxy groups -OCH3 is 2. The zero-order chi connectivity index (χ0) is 13.5. The van der Waals surface area contributed by atoms with Crippen LogP contribution in [0.5, 0.6) is 17.2 Å². The van der Waals surface area contributed by atoms with Crippen molar-refractivity contribution in [3.05, 3.63) is 17.7 Å². The number of carboxylic acid groups (broad SMARTS) is 1. The van der Waals surface area contributed by atoms with Crippen LogP contribution in [0.1, 0.15) is 10.4 Å². The average molecular weight is 257 g/mol. The molecule has 0 saturated heterocycles. The second-order valence-corrected chi connectivity index (χ2v) is 3.20. The van der Waals surface area contributed by atoms with Crippen molar-refractivity contribution >= 4 is 5.97 Å². The van der Waals surface area contributed by atoms with E-state index in [1.165, 1.54) is 14.2 Å². The van der Waals surface area contributed by atoms with E-state index in [-0.39, 0.29) is 25.1 Å². The molecule has 0 amide bonds. The molecule has 0 aliphatic heterocycles. The first kappa shape index (κ1) is 14.1. The summed E-state index contributed by atoms with van der Waals surface area (Å²) in [6.07, 6.45) is 0. The number of hydrogen-bond donors (Lipinski definition) is 1. The molecular weight excluding hydrogens is 244 g/mol. The van der Waals surface area contributed by atoms with E-state index in [9.17, 15) is 9.90 Å². The molecule has 1 rings (SSSR count). The summed E-state index contributed by atoms with van der Waals surface area (Å²) in [7, 11) is 2.83. The van der Waals surface area contributed by atoms with Gasteiger partial charge in [0.2, 0.25) is 0 Å². The predicted octanol–water partition coefficient (Wildman–Crippen LogP) is 0.424. The summed E-state index contributed by atoms with van der Waals surface area (Å²) >= 11 is 0. The molecule has 0 bridgehead atoms. The Morgan fingerprint density at radius 3 is 2.11 bits per heavy atom. The number of benzene rings is 1. The Bertz CT molecular complexity index is 416. The first-order valence-corrected chi connectivity index (χ1v) is 4.92. The summed E-state index contributed by atoms with van der Waals surface area (Å²) in [6, 6.07) is 2.13. The fourth-order valence-corrected chi connectivity index (χ4v) is 1.18. The van der Waals surface area contributed by atoms with Crippen LogP contribution in [0, 0.1) is 0 Å². The van der Waals surface area contributed by atoms with Gasteiger partial charge in [-0.05, 0) is 12.1 Å². The van der Waals surface area contributed by atoms with Gasteiger partial charge in [-0.25, -0.2) is 4.79 Å². The fourth-order valence-electron chi connectivity index (χ4n) is 1.18.